The second-order valence-electron chi connectivity index (χ2n) is 11.3. The molecule has 4 heterocycles. The Labute approximate surface area is 306 Å². The molecule has 0 bridgehead atoms. The highest BCUT2D eigenvalue weighted by molar-refractivity contribution is 7.98. The number of imidazole rings is 1. The van der Waals surface area contributed by atoms with E-state index in [9.17, 15) is 56.3 Å². The van der Waals surface area contributed by atoms with Gasteiger partial charge in [-0.2, -0.15) is 30.7 Å². The Bertz CT molecular complexity index is 2190. The van der Waals surface area contributed by atoms with Gasteiger partial charge in [-0.15, -0.1) is 0 Å². The number of thiazole rings is 1. The number of benzene rings is 1. The summed E-state index contributed by atoms with van der Waals surface area (Å²) < 4.78 is 96.2. The summed E-state index contributed by atoms with van der Waals surface area (Å²) in [5, 5.41) is 31.6. The van der Waals surface area contributed by atoms with Crippen LogP contribution in [0.4, 0.5) is 23.7 Å². The first-order valence-electron chi connectivity index (χ1n) is 14.8. The topological polar surface area (TPSA) is 272 Å². The van der Waals surface area contributed by atoms with Gasteiger partial charge in [-0.1, -0.05) is 30.0 Å². The van der Waals surface area contributed by atoms with E-state index >= 15 is 0 Å². The molecule has 19 nitrogen and oxygen atoms in total. The average Bonchev–Trinajstić information content (AvgIpc) is 3.66. The third-order valence-electron chi connectivity index (χ3n) is 7.90. The minimum atomic E-state index is -6.09. The number of carbonyl (C=O) groups excluding carboxylic acids is 2. The van der Waals surface area contributed by atoms with Gasteiger partial charge >= 0.3 is 27.8 Å². The van der Waals surface area contributed by atoms with Crippen LogP contribution in [0.5, 0.6) is 0 Å². The van der Waals surface area contributed by atoms with Crippen molar-refractivity contribution < 1.29 is 73.2 Å². The number of rotatable bonds is 12. The molecule has 26 heteroatoms. The summed E-state index contributed by atoms with van der Waals surface area (Å²) in [5.74, 6) is -2.61. The van der Waals surface area contributed by atoms with Crippen molar-refractivity contribution in [1.29, 1.82) is 0 Å². The van der Waals surface area contributed by atoms with Crippen molar-refractivity contribution in [3.05, 3.63) is 63.0 Å². The van der Waals surface area contributed by atoms with Crippen LogP contribution in [0, 0.1) is 22.0 Å². The number of non-ortho nitro benzene ring substituents is 1. The molecule has 3 aromatic rings. The van der Waals surface area contributed by atoms with Crippen molar-refractivity contribution in [1.82, 2.24) is 18.9 Å². The van der Waals surface area contributed by atoms with Gasteiger partial charge in [0.25, 0.3) is 12.0 Å². The van der Waals surface area contributed by atoms with E-state index in [4.69, 9.17) is 17.7 Å². The highest BCUT2D eigenvalue weighted by atomic mass is 32.2. The van der Waals surface area contributed by atoms with Gasteiger partial charge in [-0.05, 0) is 30.9 Å². The second-order valence-corrected chi connectivity index (χ2v) is 16.0. The lowest BCUT2D eigenvalue weighted by Crippen LogP contribution is -2.63. The van der Waals surface area contributed by atoms with E-state index in [1.807, 2.05) is 13.2 Å². The molecule has 0 saturated carbocycles. The Morgan fingerprint density at radius 2 is 1.81 bits per heavy atom. The number of fused-ring (bicyclic) bond motifs is 2. The van der Waals surface area contributed by atoms with E-state index in [2.05, 4.69) is 4.72 Å². The number of carboxylic acids is 1. The van der Waals surface area contributed by atoms with Crippen molar-refractivity contribution in [3.8, 4) is 0 Å². The SMILES string of the molecule is CSc1c2sc(C3=C(C(=O)O)N4C(=O)[C@H]([C@@H](C)O)[C@H]4[C@H]3C)c[n+]2cn1CCNS(=O)(=O)NC(=O)OCc1ccc([N+](=O)[O-])cc1.O=S(=O)([O-])C(F)(F)F. The van der Waals surface area contributed by atoms with Crippen LogP contribution in [-0.2, 0) is 47.8 Å². The van der Waals surface area contributed by atoms with Crippen LogP contribution in [0.15, 0.2) is 47.5 Å². The molecule has 2 aromatic heterocycles. The van der Waals surface area contributed by atoms with Crippen molar-refractivity contribution in [3.63, 3.8) is 0 Å². The molecular formula is C27H29F3N6O13S4. The van der Waals surface area contributed by atoms with Gasteiger partial charge in [0.2, 0.25) is 15.8 Å². The minimum Gasteiger partial charge on any atom is -0.741 e. The fraction of sp³-hybridized carbons (Fsp3) is 0.407. The van der Waals surface area contributed by atoms with Crippen molar-refractivity contribution in [2.24, 2.45) is 11.8 Å². The number of hydrogen-bond acceptors (Lipinski definition) is 14. The first-order valence-corrected chi connectivity index (χ1v) is 19.7. The zero-order valence-corrected chi connectivity index (χ0v) is 30.6. The molecule has 5 rings (SSSR count). The van der Waals surface area contributed by atoms with Crippen molar-refractivity contribution in [2.75, 3.05) is 12.8 Å². The van der Waals surface area contributed by atoms with E-state index in [1.54, 1.807) is 26.2 Å². The number of aliphatic hydroxyl groups is 1. The van der Waals surface area contributed by atoms with Crippen LogP contribution in [0.2, 0.25) is 0 Å². The van der Waals surface area contributed by atoms with Crippen LogP contribution in [0.25, 0.3) is 10.4 Å². The molecule has 4 N–H and O–H groups in total. The Kier molecular flexibility index (Phi) is 12.2. The number of aromatic nitrogens is 2. The zero-order chi connectivity index (χ0) is 39.8. The molecule has 2 aliphatic rings. The Morgan fingerprint density at radius 1 is 1.21 bits per heavy atom. The fourth-order valence-corrected chi connectivity index (χ4v) is 8.57. The lowest BCUT2D eigenvalue weighted by atomic mass is 9.77. The molecule has 0 radical (unpaired) electrons. The maximum absolute atomic E-state index is 12.7. The minimum absolute atomic E-state index is 0.0781. The quantitative estimate of drug-likeness (QED) is 0.0382. The standard InChI is InChI=1S/C26H28N6O10S3.CHF3O3S/c1-13-18(21(25(35)36)31-20(13)19(14(2)33)22(31)34)17-10-30-12-29(23(43-3)24(30)44-17)9-8-27-45(40,41)28-26(37)42-11-15-4-6-16(7-5-15)32(38)39;2-1(3,4)8(5,6)7/h4-7,10,12-14,19-20,27,33H,8-9,11H2,1-3H3,(H-,28,35,36,37);(H,5,6,7)/t13-,14+,19+,20+;/m0./s1. The molecule has 0 spiro atoms. The number of hydrogen-bond donors (Lipinski definition) is 4. The number of nitrogens with one attached hydrogen (secondary N) is 2. The number of β-lactam (4-membered cyclic amide) rings is 1. The number of nitro groups is 1. The van der Waals surface area contributed by atoms with Gasteiger partial charge in [-0.25, -0.2) is 27.3 Å². The zero-order valence-electron chi connectivity index (χ0n) is 27.3. The maximum Gasteiger partial charge on any atom is 0.485 e. The van der Waals surface area contributed by atoms with E-state index in [0.29, 0.717) is 16.0 Å². The number of thioether (sulfide) groups is 1. The molecule has 2 amide bonds. The third-order valence-corrected chi connectivity index (χ3v) is 11.6. The summed E-state index contributed by atoms with van der Waals surface area (Å²) in [6.07, 6.45) is 3.22. The van der Waals surface area contributed by atoms with Crippen molar-refractivity contribution in [2.45, 2.75) is 49.7 Å². The highest BCUT2D eigenvalue weighted by Crippen LogP contribution is 2.51. The van der Waals surface area contributed by atoms with Crippen molar-refractivity contribution >= 4 is 77.5 Å². The maximum atomic E-state index is 12.7. The molecule has 0 unspecified atom stereocenters. The predicted molar refractivity (Wildman–Crippen MR) is 176 cm³/mol. The number of nitrogens with zero attached hydrogens (tertiary/aromatic N) is 4. The first-order chi connectivity index (χ1) is 24.5. The molecule has 290 valence electrons. The van der Waals surface area contributed by atoms with E-state index in [0.717, 1.165) is 9.86 Å². The second kappa shape index (κ2) is 15.6. The number of carbonyl (C=O) groups is 3. The summed E-state index contributed by atoms with van der Waals surface area (Å²) in [6, 6.07) is 4.80. The van der Waals surface area contributed by atoms with Gasteiger partial charge in [0.15, 0.2) is 10.1 Å². The molecule has 1 saturated heterocycles. The third kappa shape index (κ3) is 8.90. The normalized spacial score (nSPS) is 19.3. The van der Waals surface area contributed by atoms with Crippen LogP contribution in [-0.4, -0.2) is 94.4 Å². The van der Waals surface area contributed by atoms with Crippen LogP contribution < -0.4 is 13.8 Å². The van der Waals surface area contributed by atoms with Gasteiger partial charge in [0, 0.05) is 23.6 Å². The van der Waals surface area contributed by atoms with Gasteiger partial charge < -0.3 is 24.4 Å². The monoisotopic (exact) mass is 830 g/mol. The smallest absolute Gasteiger partial charge is 0.485 e. The molecule has 1 aromatic carbocycles. The summed E-state index contributed by atoms with van der Waals surface area (Å²) >= 11 is 2.75. The number of aliphatic hydroxyl groups excluding tert-OH is 1. The van der Waals surface area contributed by atoms with Crippen LogP contribution >= 0.6 is 23.1 Å². The molecule has 4 atom stereocenters. The molecular weight excluding hydrogens is 802 g/mol. The predicted octanol–water partition coefficient (Wildman–Crippen LogP) is 1.38. The fourth-order valence-electron chi connectivity index (χ4n) is 5.65. The summed E-state index contributed by atoms with van der Waals surface area (Å²) in [4.78, 5) is 49.8. The Balaban J connectivity index is 0.000000703. The highest BCUT2D eigenvalue weighted by Gasteiger charge is 2.60. The number of ether oxygens (including phenoxy) is 1. The van der Waals surface area contributed by atoms with E-state index < -0.39 is 66.8 Å². The number of carboxylic acid groups (broad SMARTS) is 1. The lowest BCUT2D eigenvalue weighted by Gasteiger charge is -2.46. The first kappa shape index (κ1) is 41.4. The lowest BCUT2D eigenvalue weighted by molar-refractivity contribution is -0.508. The Hall–Kier alpha value is -4.34. The van der Waals surface area contributed by atoms with Crippen LogP contribution in [0.3, 0.4) is 0 Å². The number of alkyl halides is 3. The summed E-state index contributed by atoms with van der Waals surface area (Å²) in [7, 11) is -10.4. The Morgan fingerprint density at radius 3 is 2.32 bits per heavy atom. The number of nitro benzene ring substituents is 1. The number of halogens is 3. The molecule has 1 fully saturated rings. The van der Waals surface area contributed by atoms with E-state index in [-0.39, 0.29) is 37.0 Å². The largest absolute Gasteiger partial charge is 0.741 e. The summed E-state index contributed by atoms with van der Waals surface area (Å²) in [6.45, 7) is 3.18. The van der Waals surface area contributed by atoms with Crippen LogP contribution in [0.1, 0.15) is 24.3 Å². The van der Waals surface area contributed by atoms with Gasteiger partial charge in [-0.3, -0.25) is 14.9 Å². The van der Waals surface area contributed by atoms with Gasteiger partial charge in [0.1, 0.15) is 25.0 Å². The summed E-state index contributed by atoms with van der Waals surface area (Å²) in [5.41, 5.74) is -4.91. The van der Waals surface area contributed by atoms with E-state index in [1.165, 1.54) is 59.2 Å². The number of amides is 2. The average molecular weight is 831 g/mol. The number of aliphatic carboxylic acids is 1. The molecule has 0 aliphatic carbocycles. The molecule has 2 aliphatic heterocycles. The molecule has 53 heavy (non-hydrogen) atoms. The van der Waals surface area contributed by atoms with Gasteiger partial charge in [0.05, 0.1) is 34.4 Å².